The molecular formula is C62H40N2O. The number of rotatable bonds is 7. The zero-order valence-electron chi connectivity index (χ0n) is 35.4. The summed E-state index contributed by atoms with van der Waals surface area (Å²) < 4.78 is 9.13. The zero-order chi connectivity index (χ0) is 42.8. The van der Waals surface area contributed by atoms with Crippen molar-refractivity contribution in [1.82, 2.24) is 4.57 Å². The van der Waals surface area contributed by atoms with Gasteiger partial charge in [0.05, 0.1) is 22.1 Å². The molecule has 13 aromatic rings. The molecule has 13 rings (SSSR count). The van der Waals surface area contributed by atoms with Crippen molar-refractivity contribution < 1.29 is 4.42 Å². The number of anilines is 3. The number of hydrogen-bond donors (Lipinski definition) is 0. The van der Waals surface area contributed by atoms with E-state index in [9.17, 15) is 0 Å². The highest BCUT2D eigenvalue weighted by Gasteiger charge is 2.22. The Bertz CT molecular complexity index is 3940. The van der Waals surface area contributed by atoms with Crippen LogP contribution in [0, 0.1) is 0 Å². The second-order valence-electron chi connectivity index (χ2n) is 16.9. The van der Waals surface area contributed by atoms with Crippen molar-refractivity contribution in [2.45, 2.75) is 0 Å². The average Bonchev–Trinajstić information content (AvgIpc) is 3.93. The Balaban J connectivity index is 0.972. The fourth-order valence-electron chi connectivity index (χ4n) is 10.1. The van der Waals surface area contributed by atoms with Crippen LogP contribution in [0.5, 0.6) is 0 Å². The molecule has 0 radical (unpaired) electrons. The van der Waals surface area contributed by atoms with Crippen LogP contribution in [0.1, 0.15) is 0 Å². The molecule has 0 aliphatic rings. The first-order chi connectivity index (χ1) is 32.2. The minimum Gasteiger partial charge on any atom is -0.455 e. The van der Waals surface area contributed by atoms with E-state index in [0.29, 0.717) is 0 Å². The van der Waals surface area contributed by atoms with Crippen molar-refractivity contribution in [1.29, 1.82) is 0 Å². The molecule has 0 amide bonds. The van der Waals surface area contributed by atoms with Crippen molar-refractivity contribution in [2.24, 2.45) is 0 Å². The number of fused-ring (bicyclic) bond motifs is 9. The molecule has 3 nitrogen and oxygen atoms in total. The van der Waals surface area contributed by atoms with Crippen LogP contribution in [0.2, 0.25) is 0 Å². The Morgan fingerprint density at radius 2 is 0.954 bits per heavy atom. The van der Waals surface area contributed by atoms with E-state index in [2.05, 4.69) is 252 Å². The average molecular weight is 829 g/mol. The minimum atomic E-state index is 0.859. The van der Waals surface area contributed by atoms with Crippen LogP contribution >= 0.6 is 0 Å². The minimum absolute atomic E-state index is 0.859. The molecule has 304 valence electrons. The fraction of sp³-hybridized carbons (Fsp3) is 0. The summed E-state index contributed by atoms with van der Waals surface area (Å²) in [7, 11) is 0. The smallest absolute Gasteiger partial charge is 0.143 e. The van der Waals surface area contributed by atoms with Gasteiger partial charge in [-0.1, -0.05) is 164 Å². The monoisotopic (exact) mass is 828 g/mol. The van der Waals surface area contributed by atoms with Gasteiger partial charge in [-0.2, -0.15) is 0 Å². The van der Waals surface area contributed by atoms with Gasteiger partial charge in [0.1, 0.15) is 11.2 Å². The van der Waals surface area contributed by atoms with E-state index in [0.717, 1.165) is 72.2 Å². The van der Waals surface area contributed by atoms with E-state index in [-0.39, 0.29) is 0 Å². The standard InChI is InChI=1S/C62H40N2O/c1-3-14-42(15-4-1)51-24-12-17-44-28-29-46(39-55(44)51)41-30-34-49(35-31-41)63(59-26-13-27-60-61(59)54-36-32-43-16-7-8-22-52(43)62(54)65-60)50-21-11-18-45(38-50)47-33-37-58-56(40-47)53-23-9-10-25-57(53)64(58)48-19-5-2-6-20-48/h1-40H. The molecule has 2 aromatic heterocycles. The summed E-state index contributed by atoms with van der Waals surface area (Å²) in [4.78, 5) is 2.40. The van der Waals surface area contributed by atoms with Crippen molar-refractivity contribution in [3.05, 3.63) is 243 Å². The molecule has 0 bridgehead atoms. The van der Waals surface area contributed by atoms with Gasteiger partial charge < -0.3 is 13.9 Å². The Morgan fingerprint density at radius 3 is 1.83 bits per heavy atom. The number of nitrogens with zero attached hydrogens (tertiary/aromatic N) is 2. The highest BCUT2D eigenvalue weighted by atomic mass is 16.3. The molecule has 0 aliphatic heterocycles. The van der Waals surface area contributed by atoms with Crippen molar-refractivity contribution in [2.75, 3.05) is 4.90 Å². The number of hydrogen-bond acceptors (Lipinski definition) is 2. The molecule has 0 spiro atoms. The maximum atomic E-state index is 6.76. The number of furan rings is 1. The molecule has 0 N–H and O–H groups in total. The summed E-state index contributed by atoms with van der Waals surface area (Å²) in [5, 5.41) is 9.39. The van der Waals surface area contributed by atoms with Gasteiger partial charge in [-0.05, 0) is 128 Å². The lowest BCUT2D eigenvalue weighted by Crippen LogP contribution is -2.10. The van der Waals surface area contributed by atoms with E-state index in [1.807, 2.05) is 0 Å². The predicted octanol–water partition coefficient (Wildman–Crippen LogP) is 17.5. The molecule has 2 heterocycles. The third kappa shape index (κ3) is 6.12. The molecule has 0 saturated heterocycles. The highest BCUT2D eigenvalue weighted by molar-refractivity contribution is 6.19. The first kappa shape index (κ1) is 36.9. The molecule has 0 fully saturated rings. The summed E-state index contributed by atoms with van der Waals surface area (Å²) in [6.07, 6.45) is 0. The lowest BCUT2D eigenvalue weighted by atomic mass is 9.95. The largest absolute Gasteiger partial charge is 0.455 e. The second kappa shape index (κ2) is 15.0. The van der Waals surface area contributed by atoms with Crippen LogP contribution in [0.25, 0.3) is 104 Å². The van der Waals surface area contributed by atoms with Gasteiger partial charge in [-0.3, -0.25) is 0 Å². The third-order valence-electron chi connectivity index (χ3n) is 13.2. The Hall–Kier alpha value is -8.66. The molecule has 11 aromatic carbocycles. The van der Waals surface area contributed by atoms with Crippen LogP contribution < -0.4 is 4.90 Å². The predicted molar refractivity (Wildman–Crippen MR) is 274 cm³/mol. The number of benzene rings is 11. The number of aromatic nitrogens is 1. The summed E-state index contributed by atoms with van der Waals surface area (Å²) in [6.45, 7) is 0. The lowest BCUT2D eigenvalue weighted by Gasteiger charge is -2.27. The SMILES string of the molecule is c1ccc(-c2cccc3ccc(-c4ccc(N(c5cccc(-c6ccc7c(c6)c6ccccc6n7-c6ccccc6)c5)c5cccc6oc7c8ccccc8ccc7c56)cc4)cc23)cc1. The Morgan fingerprint density at radius 1 is 0.338 bits per heavy atom. The summed E-state index contributed by atoms with van der Waals surface area (Å²) in [5.74, 6) is 0. The summed E-state index contributed by atoms with van der Waals surface area (Å²) >= 11 is 0. The van der Waals surface area contributed by atoms with E-state index >= 15 is 0 Å². The topological polar surface area (TPSA) is 21.3 Å². The molecule has 65 heavy (non-hydrogen) atoms. The Kier molecular flexibility index (Phi) is 8.53. The van der Waals surface area contributed by atoms with Gasteiger partial charge in [-0.25, -0.2) is 0 Å². The molecule has 3 heteroatoms. The van der Waals surface area contributed by atoms with E-state index in [1.165, 1.54) is 49.3 Å². The quantitative estimate of drug-likeness (QED) is 0.160. The van der Waals surface area contributed by atoms with Gasteiger partial charge in [0.15, 0.2) is 0 Å². The highest BCUT2D eigenvalue weighted by Crippen LogP contribution is 2.46. The third-order valence-corrected chi connectivity index (χ3v) is 13.2. The fourth-order valence-corrected chi connectivity index (χ4v) is 10.1. The van der Waals surface area contributed by atoms with Gasteiger partial charge in [0.25, 0.3) is 0 Å². The Labute approximate surface area is 376 Å². The first-order valence-electron chi connectivity index (χ1n) is 22.2. The molecular weight excluding hydrogens is 789 g/mol. The number of para-hydroxylation sites is 2. The van der Waals surface area contributed by atoms with Gasteiger partial charge in [-0.15, -0.1) is 0 Å². The summed E-state index contributed by atoms with van der Waals surface area (Å²) in [6, 6.07) is 87.7. The maximum absolute atomic E-state index is 6.76. The summed E-state index contributed by atoms with van der Waals surface area (Å²) in [5.41, 5.74) is 15.6. The van der Waals surface area contributed by atoms with Crippen LogP contribution in [0.15, 0.2) is 247 Å². The van der Waals surface area contributed by atoms with Gasteiger partial charge in [0, 0.05) is 38.6 Å². The molecule has 0 atom stereocenters. The van der Waals surface area contributed by atoms with E-state index in [4.69, 9.17) is 4.42 Å². The molecule has 0 saturated carbocycles. The van der Waals surface area contributed by atoms with Crippen LogP contribution in [-0.4, -0.2) is 4.57 Å². The van der Waals surface area contributed by atoms with Crippen LogP contribution in [0.4, 0.5) is 17.1 Å². The second-order valence-corrected chi connectivity index (χ2v) is 16.9. The van der Waals surface area contributed by atoms with E-state index < -0.39 is 0 Å². The molecule has 0 aliphatic carbocycles. The van der Waals surface area contributed by atoms with E-state index in [1.54, 1.807) is 0 Å². The van der Waals surface area contributed by atoms with Crippen LogP contribution in [0.3, 0.4) is 0 Å². The molecule has 0 unspecified atom stereocenters. The normalized spacial score (nSPS) is 11.7. The van der Waals surface area contributed by atoms with Crippen molar-refractivity contribution in [3.8, 4) is 39.1 Å². The zero-order valence-corrected chi connectivity index (χ0v) is 35.4. The van der Waals surface area contributed by atoms with Crippen molar-refractivity contribution in [3.63, 3.8) is 0 Å². The first-order valence-corrected chi connectivity index (χ1v) is 22.2. The van der Waals surface area contributed by atoms with Crippen molar-refractivity contribution >= 4 is 82.4 Å². The van der Waals surface area contributed by atoms with Gasteiger partial charge in [0.2, 0.25) is 0 Å². The van der Waals surface area contributed by atoms with Gasteiger partial charge >= 0.3 is 0 Å². The van der Waals surface area contributed by atoms with Crippen LogP contribution in [-0.2, 0) is 0 Å². The maximum Gasteiger partial charge on any atom is 0.143 e. The lowest BCUT2D eigenvalue weighted by molar-refractivity contribution is 0.672.